The van der Waals surface area contributed by atoms with Gasteiger partial charge in [0.25, 0.3) is 0 Å². The number of carbonyl (C=O) groups excluding carboxylic acids is 1. The molecule has 0 radical (unpaired) electrons. The lowest BCUT2D eigenvalue weighted by atomic mass is 9.94. The van der Waals surface area contributed by atoms with Crippen LogP contribution in [-0.2, 0) is 4.79 Å². The number of rotatable bonds is 1. The standard InChI is InChI=1S/C8H9BClNO/c1-5(12)11-8-3-2-6(10)4-7(8)9/h2-4H,9H2,1H3,(H,11,12). The van der Waals surface area contributed by atoms with Gasteiger partial charge in [-0.3, -0.25) is 4.79 Å². The summed E-state index contributed by atoms with van der Waals surface area (Å²) in [6, 6.07) is 5.35. The number of hydrogen-bond acceptors (Lipinski definition) is 1. The van der Waals surface area contributed by atoms with E-state index < -0.39 is 0 Å². The van der Waals surface area contributed by atoms with Crippen molar-refractivity contribution in [2.24, 2.45) is 0 Å². The van der Waals surface area contributed by atoms with Crippen LogP contribution in [0.25, 0.3) is 0 Å². The fourth-order valence-corrected chi connectivity index (χ4v) is 1.18. The molecule has 1 rings (SSSR count). The number of carbonyl (C=O) groups is 1. The van der Waals surface area contributed by atoms with Crippen LogP contribution >= 0.6 is 11.6 Å². The molecule has 62 valence electrons. The lowest BCUT2D eigenvalue weighted by Gasteiger charge is -2.05. The van der Waals surface area contributed by atoms with E-state index in [9.17, 15) is 4.79 Å². The first-order chi connectivity index (χ1) is 5.59. The molecule has 0 saturated heterocycles. The molecule has 0 unspecified atom stereocenters. The van der Waals surface area contributed by atoms with Gasteiger partial charge in [0, 0.05) is 17.6 Å². The molecule has 0 aliphatic rings. The highest BCUT2D eigenvalue weighted by atomic mass is 35.5. The van der Waals surface area contributed by atoms with E-state index in [-0.39, 0.29) is 5.91 Å². The van der Waals surface area contributed by atoms with E-state index in [1.807, 2.05) is 13.9 Å². The largest absolute Gasteiger partial charge is 0.327 e. The summed E-state index contributed by atoms with van der Waals surface area (Å²) >= 11 is 5.74. The van der Waals surface area contributed by atoms with Gasteiger partial charge < -0.3 is 5.32 Å². The summed E-state index contributed by atoms with van der Waals surface area (Å²) in [5, 5.41) is 3.38. The quantitative estimate of drug-likeness (QED) is 0.630. The van der Waals surface area contributed by atoms with E-state index in [1.54, 1.807) is 12.1 Å². The number of amides is 1. The molecule has 12 heavy (non-hydrogen) atoms. The number of halogens is 1. The number of anilines is 1. The summed E-state index contributed by atoms with van der Waals surface area (Å²) < 4.78 is 0. The predicted molar refractivity (Wildman–Crippen MR) is 53.9 cm³/mol. The molecule has 0 aromatic heterocycles. The second-order valence-electron chi connectivity index (χ2n) is 2.64. The van der Waals surface area contributed by atoms with E-state index in [0.717, 1.165) is 11.2 Å². The van der Waals surface area contributed by atoms with Crippen LogP contribution in [0.5, 0.6) is 0 Å². The Bertz CT molecular complexity index is 314. The van der Waals surface area contributed by atoms with Crippen LogP contribution in [-0.4, -0.2) is 13.8 Å². The molecule has 1 aromatic rings. The first-order valence-electron chi connectivity index (χ1n) is 3.63. The lowest BCUT2D eigenvalue weighted by molar-refractivity contribution is -0.114. The van der Waals surface area contributed by atoms with Crippen molar-refractivity contribution >= 4 is 36.5 Å². The summed E-state index contributed by atoms with van der Waals surface area (Å²) in [7, 11) is 1.90. The van der Waals surface area contributed by atoms with Crippen LogP contribution < -0.4 is 10.8 Å². The van der Waals surface area contributed by atoms with E-state index in [4.69, 9.17) is 11.6 Å². The molecule has 0 atom stereocenters. The van der Waals surface area contributed by atoms with Crippen LogP contribution in [0.4, 0.5) is 5.69 Å². The average Bonchev–Trinajstić information content (AvgIpc) is 1.94. The van der Waals surface area contributed by atoms with Crippen LogP contribution in [0.1, 0.15) is 6.92 Å². The fraction of sp³-hybridized carbons (Fsp3) is 0.125. The second-order valence-corrected chi connectivity index (χ2v) is 3.08. The molecular weight excluding hydrogens is 172 g/mol. The van der Waals surface area contributed by atoms with Gasteiger partial charge in [0.05, 0.1) is 0 Å². The Morgan fingerprint density at radius 2 is 2.25 bits per heavy atom. The van der Waals surface area contributed by atoms with E-state index in [1.165, 1.54) is 6.92 Å². The summed E-state index contributed by atoms with van der Waals surface area (Å²) in [6.45, 7) is 1.48. The highest BCUT2D eigenvalue weighted by molar-refractivity contribution is 6.39. The van der Waals surface area contributed by atoms with Gasteiger partial charge in [-0.05, 0) is 18.2 Å². The molecule has 0 saturated carbocycles. The van der Waals surface area contributed by atoms with Crippen LogP contribution in [0.2, 0.25) is 5.02 Å². The van der Waals surface area contributed by atoms with Gasteiger partial charge in [-0.2, -0.15) is 0 Å². The van der Waals surface area contributed by atoms with Crippen molar-refractivity contribution in [3.05, 3.63) is 23.2 Å². The maximum absolute atomic E-state index is 10.7. The normalized spacial score (nSPS) is 9.50. The van der Waals surface area contributed by atoms with Gasteiger partial charge in [-0.15, -0.1) is 0 Å². The summed E-state index contributed by atoms with van der Waals surface area (Å²) in [5.41, 5.74) is 1.78. The zero-order valence-corrected chi connectivity index (χ0v) is 7.77. The Morgan fingerprint density at radius 1 is 1.58 bits per heavy atom. The first-order valence-corrected chi connectivity index (χ1v) is 4.01. The predicted octanol–water partition coefficient (Wildman–Crippen LogP) is 0.557. The minimum atomic E-state index is -0.0691. The molecular formula is C8H9BClNO. The molecule has 1 N–H and O–H groups in total. The van der Waals surface area contributed by atoms with Gasteiger partial charge >= 0.3 is 0 Å². The van der Waals surface area contributed by atoms with Gasteiger partial charge in [0.15, 0.2) is 0 Å². The topological polar surface area (TPSA) is 29.1 Å². The summed E-state index contributed by atoms with van der Waals surface area (Å²) in [5.74, 6) is -0.0691. The maximum Gasteiger partial charge on any atom is 0.221 e. The van der Waals surface area contributed by atoms with Gasteiger partial charge in [0.1, 0.15) is 7.85 Å². The SMILES string of the molecule is Bc1cc(Cl)ccc1NC(C)=O. The minimum Gasteiger partial charge on any atom is -0.327 e. The number of nitrogens with one attached hydrogen (secondary N) is 1. The van der Waals surface area contributed by atoms with Crippen molar-refractivity contribution in [3.8, 4) is 0 Å². The van der Waals surface area contributed by atoms with Gasteiger partial charge in [-0.1, -0.05) is 17.1 Å². The molecule has 1 aromatic carbocycles. The fourth-order valence-electron chi connectivity index (χ4n) is 0.957. The molecule has 0 bridgehead atoms. The van der Waals surface area contributed by atoms with Gasteiger partial charge in [0.2, 0.25) is 5.91 Å². The zero-order chi connectivity index (χ0) is 9.14. The van der Waals surface area contributed by atoms with Crippen molar-refractivity contribution < 1.29 is 4.79 Å². The van der Waals surface area contributed by atoms with Crippen molar-refractivity contribution in [3.63, 3.8) is 0 Å². The minimum absolute atomic E-state index is 0.0691. The molecule has 1 amide bonds. The highest BCUT2D eigenvalue weighted by Gasteiger charge is 1.99. The Hall–Kier alpha value is -0.955. The molecule has 0 heterocycles. The molecule has 0 spiro atoms. The summed E-state index contributed by atoms with van der Waals surface area (Å²) in [6.07, 6.45) is 0. The highest BCUT2D eigenvalue weighted by Crippen LogP contribution is 2.10. The van der Waals surface area contributed by atoms with Crippen LogP contribution in [0.15, 0.2) is 18.2 Å². The average molecular weight is 181 g/mol. The van der Waals surface area contributed by atoms with Crippen molar-refractivity contribution in [1.29, 1.82) is 0 Å². The number of benzene rings is 1. The van der Waals surface area contributed by atoms with Crippen LogP contribution in [0.3, 0.4) is 0 Å². The van der Waals surface area contributed by atoms with Crippen LogP contribution in [0, 0.1) is 0 Å². The Labute approximate surface area is 77.3 Å². The molecule has 0 fully saturated rings. The molecule has 0 aliphatic carbocycles. The zero-order valence-electron chi connectivity index (χ0n) is 7.02. The third-order valence-electron chi connectivity index (χ3n) is 1.50. The van der Waals surface area contributed by atoms with Crippen molar-refractivity contribution in [2.75, 3.05) is 5.32 Å². The van der Waals surface area contributed by atoms with Crippen molar-refractivity contribution in [2.45, 2.75) is 6.92 Å². The summed E-state index contributed by atoms with van der Waals surface area (Å²) in [4.78, 5) is 10.7. The van der Waals surface area contributed by atoms with E-state index >= 15 is 0 Å². The molecule has 0 aliphatic heterocycles. The Balaban J connectivity index is 2.93. The Morgan fingerprint density at radius 3 is 2.75 bits per heavy atom. The Kier molecular flexibility index (Phi) is 2.76. The van der Waals surface area contributed by atoms with Gasteiger partial charge in [-0.25, -0.2) is 0 Å². The maximum atomic E-state index is 10.7. The van der Waals surface area contributed by atoms with E-state index in [0.29, 0.717) is 5.02 Å². The molecule has 4 heteroatoms. The monoisotopic (exact) mass is 181 g/mol. The smallest absolute Gasteiger partial charge is 0.221 e. The molecule has 2 nitrogen and oxygen atoms in total. The lowest BCUT2D eigenvalue weighted by Crippen LogP contribution is -2.15. The van der Waals surface area contributed by atoms with Crippen molar-refractivity contribution in [1.82, 2.24) is 0 Å². The third-order valence-corrected chi connectivity index (χ3v) is 1.73. The third kappa shape index (κ3) is 2.27. The number of hydrogen-bond donors (Lipinski definition) is 1. The second kappa shape index (κ2) is 3.63. The van der Waals surface area contributed by atoms with E-state index in [2.05, 4.69) is 5.32 Å². The first kappa shape index (κ1) is 9.14.